The van der Waals surface area contributed by atoms with Crippen molar-refractivity contribution in [3.63, 3.8) is 0 Å². The number of hydrogen-bond acceptors (Lipinski definition) is 7. The fourth-order valence-electron chi connectivity index (χ4n) is 3.83. The fraction of sp³-hybridized carbons (Fsp3) is 0.560. The first-order valence-electron chi connectivity index (χ1n) is 11.8. The Bertz CT molecular complexity index is 989. The van der Waals surface area contributed by atoms with E-state index in [1.54, 1.807) is 6.92 Å². The fourth-order valence-corrected chi connectivity index (χ4v) is 3.83. The lowest BCUT2D eigenvalue weighted by Gasteiger charge is -2.32. The van der Waals surface area contributed by atoms with Gasteiger partial charge in [0, 0.05) is 25.4 Å². The van der Waals surface area contributed by atoms with Crippen LogP contribution in [0.5, 0.6) is 0 Å². The number of carbonyl (C=O) groups is 2. The number of benzene rings is 1. The molecule has 2 N–H and O–H groups in total. The third kappa shape index (κ3) is 5.94. The summed E-state index contributed by atoms with van der Waals surface area (Å²) in [4.78, 5) is 29.0. The summed E-state index contributed by atoms with van der Waals surface area (Å²) in [5.41, 5.74) is 3.10. The van der Waals surface area contributed by atoms with E-state index in [0.29, 0.717) is 6.42 Å². The normalized spacial score (nSPS) is 21.0. The molecule has 0 aliphatic carbocycles. The van der Waals surface area contributed by atoms with Crippen LogP contribution < -0.4 is 16.1 Å². The maximum absolute atomic E-state index is 12.8. The SMILES string of the molecule is COC(=O)N[C@H](C(=O)N[C@@H](C)C1=NC=C(c2ccc(B3OC(C)(C)C(C)(C)O3)cc2)C1)[C@@H](C)OC. The van der Waals surface area contributed by atoms with Gasteiger partial charge in [0.25, 0.3) is 0 Å². The zero-order chi connectivity index (χ0) is 26.0. The highest BCUT2D eigenvalue weighted by atomic mass is 16.7. The highest BCUT2D eigenvalue weighted by Crippen LogP contribution is 2.36. The van der Waals surface area contributed by atoms with Crippen LogP contribution in [0.3, 0.4) is 0 Å². The first kappa shape index (κ1) is 26.9. The van der Waals surface area contributed by atoms with Gasteiger partial charge in [0.05, 0.1) is 30.5 Å². The number of hydrogen-bond donors (Lipinski definition) is 2. The predicted molar refractivity (Wildman–Crippen MR) is 136 cm³/mol. The second kappa shape index (κ2) is 10.5. The number of carbonyl (C=O) groups excluding carboxylic acids is 2. The zero-order valence-electron chi connectivity index (χ0n) is 21.8. The molecule has 0 saturated carbocycles. The van der Waals surface area contributed by atoms with Crippen LogP contribution in [0, 0.1) is 0 Å². The molecule has 2 aliphatic heterocycles. The van der Waals surface area contributed by atoms with Gasteiger partial charge >= 0.3 is 13.2 Å². The monoisotopic (exact) mass is 485 g/mol. The summed E-state index contributed by atoms with van der Waals surface area (Å²) in [6.07, 6.45) is 1.19. The smallest absolute Gasteiger partial charge is 0.453 e. The van der Waals surface area contributed by atoms with Gasteiger partial charge in [-0.3, -0.25) is 9.79 Å². The van der Waals surface area contributed by atoms with Crippen LogP contribution in [0.25, 0.3) is 5.57 Å². The van der Waals surface area contributed by atoms with Gasteiger partial charge < -0.3 is 29.4 Å². The van der Waals surface area contributed by atoms with Crippen molar-refractivity contribution < 1.29 is 28.4 Å². The van der Waals surface area contributed by atoms with Gasteiger partial charge in [0.2, 0.25) is 5.91 Å². The molecule has 2 amide bonds. The van der Waals surface area contributed by atoms with Gasteiger partial charge in [-0.1, -0.05) is 24.3 Å². The number of ether oxygens (including phenoxy) is 2. The molecule has 10 heteroatoms. The molecule has 2 aliphatic rings. The van der Waals surface area contributed by atoms with E-state index < -0.39 is 25.4 Å². The largest absolute Gasteiger partial charge is 0.494 e. The highest BCUT2D eigenvalue weighted by molar-refractivity contribution is 6.62. The minimum atomic E-state index is -0.896. The predicted octanol–water partition coefficient (Wildman–Crippen LogP) is 2.44. The van der Waals surface area contributed by atoms with Crippen molar-refractivity contribution in [1.29, 1.82) is 0 Å². The van der Waals surface area contributed by atoms with Crippen LogP contribution >= 0.6 is 0 Å². The Morgan fingerprint density at radius 1 is 1.03 bits per heavy atom. The standard InChI is InChI=1S/C25H36BN3O6/c1-15(28-22(30)21(16(2)32-7)29-23(31)33-8)20-13-18(14-27-20)17-9-11-19(12-10-17)26-34-24(3,4)25(5,6)35-26/h9-12,14-16,21H,13H2,1-8H3,(H,28,30)(H,29,31)/t15-,16+,21-/m0/s1. The van der Waals surface area contributed by atoms with Crippen molar-refractivity contribution >= 4 is 35.9 Å². The second-order valence-electron chi connectivity index (χ2n) is 9.95. The summed E-state index contributed by atoms with van der Waals surface area (Å²) in [6, 6.07) is 6.86. The summed E-state index contributed by atoms with van der Waals surface area (Å²) in [5.74, 6) is -0.375. The molecule has 0 bridgehead atoms. The molecule has 1 aromatic carbocycles. The van der Waals surface area contributed by atoms with Crippen molar-refractivity contribution in [3.05, 3.63) is 36.0 Å². The Balaban J connectivity index is 1.59. The molecule has 3 atom stereocenters. The Labute approximate surface area is 207 Å². The van der Waals surface area contributed by atoms with Crippen LogP contribution in [0.4, 0.5) is 4.79 Å². The quantitative estimate of drug-likeness (QED) is 0.548. The Hall–Kier alpha value is -2.69. The lowest BCUT2D eigenvalue weighted by molar-refractivity contribution is -0.126. The van der Waals surface area contributed by atoms with Crippen LogP contribution in [-0.4, -0.2) is 68.4 Å². The molecule has 0 spiro atoms. The third-order valence-corrected chi connectivity index (χ3v) is 7.01. The average Bonchev–Trinajstić information content (AvgIpc) is 3.39. The maximum atomic E-state index is 12.8. The third-order valence-electron chi connectivity index (χ3n) is 7.01. The van der Waals surface area contributed by atoms with Crippen LogP contribution in [0.1, 0.15) is 53.5 Å². The number of methoxy groups -OCH3 is 2. The summed E-state index contributed by atoms with van der Waals surface area (Å²) in [7, 11) is 2.31. The summed E-state index contributed by atoms with van der Waals surface area (Å²) in [6.45, 7) is 11.7. The van der Waals surface area contributed by atoms with Gasteiger partial charge in [0.1, 0.15) is 6.04 Å². The number of amides is 2. The van der Waals surface area contributed by atoms with Crippen LogP contribution in [0.2, 0.25) is 0 Å². The van der Waals surface area contributed by atoms with E-state index in [1.807, 2.05) is 65.1 Å². The number of alkyl carbamates (subject to hydrolysis) is 1. The first-order chi connectivity index (χ1) is 16.4. The Morgan fingerprint density at radius 3 is 2.17 bits per heavy atom. The number of allylic oxidation sites excluding steroid dienone is 1. The molecule has 1 aromatic rings. The van der Waals surface area contributed by atoms with E-state index in [0.717, 1.165) is 22.3 Å². The summed E-state index contributed by atoms with van der Waals surface area (Å²) < 4.78 is 22.1. The molecule has 1 fully saturated rings. The molecular weight excluding hydrogens is 449 g/mol. The van der Waals surface area contributed by atoms with E-state index in [4.69, 9.17) is 14.0 Å². The van der Waals surface area contributed by atoms with E-state index in [-0.39, 0.29) is 23.2 Å². The maximum Gasteiger partial charge on any atom is 0.494 e. The lowest BCUT2D eigenvalue weighted by atomic mass is 9.78. The van der Waals surface area contributed by atoms with Crippen LogP contribution in [-0.2, 0) is 23.6 Å². The van der Waals surface area contributed by atoms with Crippen LogP contribution in [0.15, 0.2) is 35.5 Å². The van der Waals surface area contributed by atoms with E-state index in [9.17, 15) is 9.59 Å². The van der Waals surface area contributed by atoms with Gasteiger partial charge in [0.15, 0.2) is 0 Å². The minimum absolute atomic E-state index is 0.328. The number of nitrogens with one attached hydrogen (secondary N) is 2. The van der Waals surface area contributed by atoms with Crippen molar-refractivity contribution in [2.75, 3.05) is 14.2 Å². The Morgan fingerprint density at radius 2 is 1.63 bits per heavy atom. The summed E-state index contributed by atoms with van der Waals surface area (Å²) in [5, 5.41) is 5.43. The molecule has 0 unspecified atom stereocenters. The van der Waals surface area contributed by atoms with Gasteiger partial charge in [-0.15, -0.1) is 0 Å². The van der Waals surface area contributed by atoms with Gasteiger partial charge in [-0.05, 0) is 58.1 Å². The minimum Gasteiger partial charge on any atom is -0.453 e. The highest BCUT2D eigenvalue weighted by Gasteiger charge is 2.51. The molecule has 0 aromatic heterocycles. The Kier molecular flexibility index (Phi) is 8.09. The average molecular weight is 485 g/mol. The lowest BCUT2D eigenvalue weighted by Crippen LogP contribution is -2.55. The molecule has 0 radical (unpaired) electrons. The van der Waals surface area contributed by atoms with E-state index in [1.165, 1.54) is 14.2 Å². The molecule has 3 rings (SSSR count). The van der Waals surface area contributed by atoms with E-state index in [2.05, 4.69) is 20.4 Å². The summed E-state index contributed by atoms with van der Waals surface area (Å²) >= 11 is 0. The second-order valence-corrected chi connectivity index (χ2v) is 9.95. The molecule has 1 saturated heterocycles. The van der Waals surface area contributed by atoms with Crippen molar-refractivity contribution in [2.24, 2.45) is 4.99 Å². The van der Waals surface area contributed by atoms with E-state index >= 15 is 0 Å². The zero-order valence-corrected chi connectivity index (χ0v) is 21.8. The van der Waals surface area contributed by atoms with Crippen molar-refractivity contribution in [2.45, 2.75) is 77.4 Å². The molecule has 190 valence electrons. The molecule has 9 nitrogen and oxygen atoms in total. The van der Waals surface area contributed by atoms with Gasteiger partial charge in [-0.25, -0.2) is 4.79 Å². The molecular formula is C25H36BN3O6. The number of rotatable bonds is 8. The topological polar surface area (TPSA) is 107 Å². The number of nitrogens with zero attached hydrogens (tertiary/aromatic N) is 1. The van der Waals surface area contributed by atoms with Crippen molar-refractivity contribution in [1.82, 2.24) is 10.6 Å². The number of aliphatic imine (C=N–C) groups is 1. The van der Waals surface area contributed by atoms with Gasteiger partial charge in [-0.2, -0.15) is 0 Å². The van der Waals surface area contributed by atoms with Crippen molar-refractivity contribution in [3.8, 4) is 0 Å². The first-order valence-corrected chi connectivity index (χ1v) is 11.8. The molecule has 35 heavy (non-hydrogen) atoms. The molecule has 2 heterocycles.